The van der Waals surface area contributed by atoms with E-state index in [0.717, 1.165) is 17.1 Å². The predicted octanol–water partition coefficient (Wildman–Crippen LogP) is 18.6. The molecule has 11 aromatic rings. The molecule has 0 radical (unpaired) electrons. The second-order valence-corrected chi connectivity index (χ2v) is 18.5. The van der Waals surface area contributed by atoms with Gasteiger partial charge < -0.3 is 4.90 Å². The Balaban J connectivity index is 0.880. The molecule has 68 heavy (non-hydrogen) atoms. The van der Waals surface area contributed by atoms with E-state index in [1.54, 1.807) is 0 Å². The van der Waals surface area contributed by atoms with Crippen molar-refractivity contribution >= 4 is 27.8 Å². The predicted molar refractivity (Wildman–Crippen MR) is 289 cm³/mol. The Morgan fingerprint density at radius 3 is 1.32 bits per heavy atom. The van der Waals surface area contributed by atoms with Crippen LogP contribution in [-0.4, -0.2) is 0 Å². The van der Waals surface area contributed by atoms with E-state index in [1.165, 1.54) is 99.8 Å². The van der Waals surface area contributed by atoms with Gasteiger partial charge in [0.15, 0.2) is 0 Å². The molecule has 1 aliphatic carbocycles. The molecule has 0 aliphatic heterocycles. The first-order valence-electron chi connectivity index (χ1n) is 23.6. The van der Waals surface area contributed by atoms with Crippen LogP contribution in [-0.2, 0) is 5.41 Å². The lowest BCUT2D eigenvalue weighted by molar-refractivity contribution is 0.662. The Kier molecular flexibility index (Phi) is 10.3. The normalized spacial score (nSPS) is 12.4. The van der Waals surface area contributed by atoms with Gasteiger partial charge in [-0.1, -0.05) is 220 Å². The molecule has 0 bridgehead atoms. The van der Waals surface area contributed by atoms with Gasteiger partial charge in [-0.2, -0.15) is 0 Å². The van der Waals surface area contributed by atoms with Crippen LogP contribution in [0.25, 0.3) is 88.7 Å². The fraction of sp³-hybridized carbons (Fsp3) is 0.0448. The van der Waals surface area contributed by atoms with Crippen molar-refractivity contribution < 1.29 is 0 Å². The smallest absolute Gasteiger partial charge is 0.0467 e. The van der Waals surface area contributed by atoms with E-state index in [-0.39, 0.29) is 5.41 Å². The molecular formula is C67H49N. The van der Waals surface area contributed by atoms with Gasteiger partial charge in [-0.3, -0.25) is 0 Å². The maximum absolute atomic E-state index is 2.39. The highest BCUT2D eigenvalue weighted by atomic mass is 15.1. The largest absolute Gasteiger partial charge is 0.310 e. The van der Waals surface area contributed by atoms with Crippen molar-refractivity contribution in [3.05, 3.63) is 272 Å². The van der Waals surface area contributed by atoms with Crippen molar-refractivity contribution in [2.24, 2.45) is 0 Å². The van der Waals surface area contributed by atoms with E-state index in [1.807, 2.05) is 0 Å². The van der Waals surface area contributed by atoms with Crippen LogP contribution < -0.4 is 4.90 Å². The molecule has 322 valence electrons. The molecule has 0 fully saturated rings. The highest BCUT2D eigenvalue weighted by Crippen LogP contribution is 2.52. The summed E-state index contributed by atoms with van der Waals surface area (Å²) in [5, 5.41) is 2.52. The highest BCUT2D eigenvalue weighted by Gasteiger charge is 2.37. The molecule has 1 aliphatic rings. The Bertz CT molecular complexity index is 3620. The van der Waals surface area contributed by atoms with Crippen LogP contribution >= 0.6 is 0 Å². The number of hydrogen-bond acceptors (Lipinski definition) is 1. The third-order valence-corrected chi connectivity index (χ3v) is 14.0. The number of hydrogen-bond donors (Lipinski definition) is 0. The van der Waals surface area contributed by atoms with Gasteiger partial charge in [0, 0.05) is 22.5 Å². The molecular weight excluding hydrogens is 819 g/mol. The summed E-state index contributed by atoms with van der Waals surface area (Å²) >= 11 is 0. The fourth-order valence-electron chi connectivity index (χ4n) is 10.6. The minimum absolute atomic E-state index is 0.100. The standard InChI is InChI=1S/C67H49N/c1-67(2)65-27-9-8-24-63(65)64-26-13-25-62(66(64)67)51-36-40-60(41-37-51)68(61-23-12-22-57(45-61)55-20-10-18-53(42-55)46-14-4-3-5-15-46)59-38-34-49(35-39-59)48-28-30-50(31-29-48)54-19-11-21-56(43-54)58-33-32-47-16-6-7-17-52(47)44-58/h3-45H,1-2H3. The van der Waals surface area contributed by atoms with Gasteiger partial charge >= 0.3 is 0 Å². The van der Waals surface area contributed by atoms with Crippen molar-refractivity contribution in [2.75, 3.05) is 4.90 Å². The Hall–Kier alpha value is -8.52. The maximum Gasteiger partial charge on any atom is 0.0467 e. The number of anilines is 3. The monoisotopic (exact) mass is 867 g/mol. The zero-order chi connectivity index (χ0) is 45.6. The summed E-state index contributed by atoms with van der Waals surface area (Å²) in [6, 6.07) is 95.5. The van der Waals surface area contributed by atoms with Crippen LogP contribution in [0.3, 0.4) is 0 Å². The van der Waals surface area contributed by atoms with Crippen molar-refractivity contribution in [1.29, 1.82) is 0 Å². The average Bonchev–Trinajstić information content (AvgIpc) is 3.65. The zero-order valence-corrected chi connectivity index (χ0v) is 38.3. The van der Waals surface area contributed by atoms with Crippen LogP contribution in [0.15, 0.2) is 261 Å². The minimum atomic E-state index is -0.100. The third kappa shape index (κ3) is 7.49. The van der Waals surface area contributed by atoms with Crippen molar-refractivity contribution in [2.45, 2.75) is 19.3 Å². The summed E-state index contributed by atoms with van der Waals surface area (Å²) in [7, 11) is 0. The van der Waals surface area contributed by atoms with Crippen LogP contribution in [0, 0.1) is 0 Å². The number of benzene rings is 11. The second-order valence-electron chi connectivity index (χ2n) is 18.5. The minimum Gasteiger partial charge on any atom is -0.310 e. The van der Waals surface area contributed by atoms with Crippen LogP contribution in [0.4, 0.5) is 17.1 Å². The average molecular weight is 868 g/mol. The molecule has 0 N–H and O–H groups in total. The molecule has 0 spiro atoms. The molecule has 0 unspecified atom stereocenters. The van der Waals surface area contributed by atoms with Crippen LogP contribution in [0.1, 0.15) is 25.0 Å². The Morgan fingerprint density at radius 1 is 0.250 bits per heavy atom. The van der Waals surface area contributed by atoms with Crippen molar-refractivity contribution in [3.63, 3.8) is 0 Å². The lowest BCUT2D eigenvalue weighted by atomic mass is 9.79. The van der Waals surface area contributed by atoms with Gasteiger partial charge in [-0.05, 0) is 154 Å². The molecule has 11 aromatic carbocycles. The molecule has 1 heteroatoms. The first-order chi connectivity index (χ1) is 33.4. The molecule has 0 atom stereocenters. The highest BCUT2D eigenvalue weighted by molar-refractivity contribution is 5.90. The van der Waals surface area contributed by atoms with Crippen LogP contribution in [0.5, 0.6) is 0 Å². The molecule has 0 amide bonds. The van der Waals surface area contributed by atoms with E-state index < -0.39 is 0 Å². The Morgan fingerprint density at radius 2 is 0.662 bits per heavy atom. The number of nitrogens with zero attached hydrogens (tertiary/aromatic N) is 1. The van der Waals surface area contributed by atoms with E-state index in [2.05, 4.69) is 280 Å². The summed E-state index contributed by atoms with van der Waals surface area (Å²) in [6.45, 7) is 4.73. The Labute approximate surface area is 399 Å². The third-order valence-electron chi connectivity index (χ3n) is 14.0. The summed E-state index contributed by atoms with van der Waals surface area (Å²) in [4.78, 5) is 2.39. The van der Waals surface area contributed by atoms with Gasteiger partial charge in [-0.15, -0.1) is 0 Å². The molecule has 1 nitrogen and oxygen atoms in total. The summed E-state index contributed by atoms with van der Waals surface area (Å²) in [5.41, 5.74) is 23.1. The van der Waals surface area contributed by atoms with Gasteiger partial charge in [0.2, 0.25) is 0 Å². The van der Waals surface area contributed by atoms with Gasteiger partial charge in [0.05, 0.1) is 0 Å². The maximum atomic E-state index is 2.39. The molecule has 0 heterocycles. The molecule has 12 rings (SSSR count). The quantitative estimate of drug-likeness (QED) is 0.140. The summed E-state index contributed by atoms with van der Waals surface area (Å²) in [6.07, 6.45) is 0. The number of fused-ring (bicyclic) bond motifs is 4. The zero-order valence-electron chi connectivity index (χ0n) is 38.3. The van der Waals surface area contributed by atoms with E-state index in [9.17, 15) is 0 Å². The van der Waals surface area contributed by atoms with Crippen LogP contribution in [0.2, 0.25) is 0 Å². The summed E-state index contributed by atoms with van der Waals surface area (Å²) < 4.78 is 0. The first kappa shape index (κ1) is 40.9. The second kappa shape index (κ2) is 17.0. The first-order valence-corrected chi connectivity index (χ1v) is 23.6. The number of rotatable bonds is 9. The van der Waals surface area contributed by atoms with E-state index in [4.69, 9.17) is 0 Å². The molecule has 0 saturated carbocycles. The van der Waals surface area contributed by atoms with Crippen molar-refractivity contribution in [3.8, 4) is 77.9 Å². The summed E-state index contributed by atoms with van der Waals surface area (Å²) in [5.74, 6) is 0. The van der Waals surface area contributed by atoms with Gasteiger partial charge in [0.1, 0.15) is 0 Å². The van der Waals surface area contributed by atoms with Gasteiger partial charge in [-0.25, -0.2) is 0 Å². The molecule has 0 aromatic heterocycles. The van der Waals surface area contributed by atoms with Crippen molar-refractivity contribution in [1.82, 2.24) is 0 Å². The lowest BCUT2D eigenvalue weighted by Gasteiger charge is -2.27. The van der Waals surface area contributed by atoms with E-state index in [0.29, 0.717) is 0 Å². The van der Waals surface area contributed by atoms with E-state index >= 15 is 0 Å². The lowest BCUT2D eigenvalue weighted by Crippen LogP contribution is -2.16. The molecule has 0 saturated heterocycles. The fourth-order valence-corrected chi connectivity index (χ4v) is 10.6. The topological polar surface area (TPSA) is 3.24 Å². The SMILES string of the molecule is CC1(C)c2ccccc2-c2cccc(-c3ccc(N(c4ccc(-c5ccc(-c6cccc(-c7ccc8ccccc8c7)c6)cc5)cc4)c4cccc(-c5cccc(-c6ccccc6)c5)c4)cc3)c21. The van der Waals surface area contributed by atoms with Gasteiger partial charge in [0.25, 0.3) is 0 Å².